The van der Waals surface area contributed by atoms with Gasteiger partial charge in [-0.15, -0.1) is 0 Å². The van der Waals surface area contributed by atoms with Crippen LogP contribution in [0.5, 0.6) is 0 Å². The molecule has 8 nitrogen and oxygen atoms in total. The van der Waals surface area contributed by atoms with Crippen LogP contribution in [0.15, 0.2) is 60.7 Å². The fourth-order valence-corrected chi connectivity index (χ4v) is 9.04. The normalized spacial score (nSPS) is 13.2. The number of aliphatic hydroxyl groups excluding tert-OH is 2. The second-order valence-electron chi connectivity index (χ2n) is 19.3. The van der Waals surface area contributed by atoms with E-state index in [0.717, 1.165) is 89.9 Å². The maximum absolute atomic E-state index is 13.5. The van der Waals surface area contributed by atoms with Gasteiger partial charge in [0.05, 0.1) is 29.9 Å². The molecule has 0 saturated heterocycles. The Morgan fingerprint density at radius 3 is 1.17 bits per heavy atom. The first kappa shape index (κ1) is 58.9. The first-order valence-corrected chi connectivity index (χ1v) is 27.5. The SMILES string of the molecule is CCCCCCCCCCCCCC[C@@H](O)CCCCCCCCCCC(=O)N[C@@H](CO)[C@H](OC(=O)c1ccccc1)[C@@H](CCCCCCCCCCCCCC)OC(=O)c1ccccc1. The van der Waals surface area contributed by atoms with Crippen molar-refractivity contribution in [2.75, 3.05) is 6.61 Å². The van der Waals surface area contributed by atoms with Gasteiger partial charge in [0.15, 0.2) is 6.10 Å². The molecule has 0 unspecified atom stereocenters. The minimum absolute atomic E-state index is 0.162. The van der Waals surface area contributed by atoms with E-state index in [1.54, 1.807) is 48.5 Å². The van der Waals surface area contributed by atoms with Gasteiger partial charge in [-0.25, -0.2) is 9.59 Å². The number of esters is 2. The predicted octanol–water partition coefficient (Wildman–Crippen LogP) is 15.4. The van der Waals surface area contributed by atoms with E-state index in [2.05, 4.69) is 19.2 Å². The summed E-state index contributed by atoms with van der Waals surface area (Å²) in [6.45, 7) is 4.04. The summed E-state index contributed by atoms with van der Waals surface area (Å²) in [6, 6.07) is 16.4. The lowest BCUT2D eigenvalue weighted by Crippen LogP contribution is -2.53. The number of ether oxygens (including phenoxy) is 2. The van der Waals surface area contributed by atoms with Crippen LogP contribution in [0.4, 0.5) is 0 Å². The topological polar surface area (TPSA) is 122 Å². The standard InChI is InChI=1S/C58H97NO7/c1-3-5-7-9-11-13-15-17-19-23-27-37-45-52(61)46-38-28-24-21-22-26-30-40-48-55(62)59-53(49-60)56(66-58(64)51-43-35-32-36-44-51)54(65-57(63)50-41-33-31-34-42-50)47-39-29-25-20-18-16-14-12-10-8-6-4-2/h31-36,41-44,52-54,56,60-61H,3-30,37-40,45-49H2,1-2H3,(H,59,62)/t52-,53+,54-,56+/m1/s1. The molecule has 2 rings (SSSR count). The van der Waals surface area contributed by atoms with Gasteiger partial charge in [0, 0.05) is 6.42 Å². The van der Waals surface area contributed by atoms with Gasteiger partial charge in [0.2, 0.25) is 5.91 Å². The monoisotopic (exact) mass is 920 g/mol. The van der Waals surface area contributed by atoms with Crippen molar-refractivity contribution in [1.82, 2.24) is 5.32 Å². The minimum atomic E-state index is -1.09. The van der Waals surface area contributed by atoms with E-state index in [1.165, 1.54) is 128 Å². The van der Waals surface area contributed by atoms with E-state index < -0.39 is 36.8 Å². The summed E-state index contributed by atoms with van der Waals surface area (Å²) < 4.78 is 12.2. The number of carbonyl (C=O) groups is 3. The molecular formula is C58H97NO7. The fraction of sp³-hybridized carbons (Fsp3) is 0.741. The van der Waals surface area contributed by atoms with Gasteiger partial charge in [-0.05, 0) is 56.4 Å². The molecule has 0 aliphatic heterocycles. The summed E-state index contributed by atoms with van der Waals surface area (Å²) in [7, 11) is 0. The van der Waals surface area contributed by atoms with Crippen molar-refractivity contribution in [1.29, 1.82) is 0 Å². The Balaban J connectivity index is 1.77. The van der Waals surface area contributed by atoms with Crippen LogP contribution < -0.4 is 5.32 Å². The van der Waals surface area contributed by atoms with Crippen molar-refractivity contribution in [2.45, 2.75) is 269 Å². The average Bonchev–Trinajstić information content (AvgIpc) is 3.33. The molecule has 4 atom stereocenters. The number of hydrogen-bond acceptors (Lipinski definition) is 7. The molecule has 66 heavy (non-hydrogen) atoms. The van der Waals surface area contributed by atoms with Gasteiger partial charge in [-0.1, -0.05) is 243 Å². The molecule has 0 heterocycles. The third kappa shape index (κ3) is 30.9. The molecule has 0 saturated carbocycles. The number of hydrogen-bond donors (Lipinski definition) is 3. The first-order chi connectivity index (χ1) is 32.4. The van der Waals surface area contributed by atoms with Crippen molar-refractivity contribution in [3.8, 4) is 0 Å². The maximum atomic E-state index is 13.5. The lowest BCUT2D eigenvalue weighted by molar-refractivity contribution is -0.124. The summed E-state index contributed by atoms with van der Waals surface area (Å²) in [4.78, 5) is 40.4. The van der Waals surface area contributed by atoms with E-state index >= 15 is 0 Å². The number of rotatable bonds is 45. The van der Waals surface area contributed by atoms with Crippen LogP contribution in [-0.4, -0.2) is 59.0 Å². The largest absolute Gasteiger partial charge is 0.455 e. The second-order valence-corrected chi connectivity index (χ2v) is 19.3. The molecular weight excluding hydrogens is 823 g/mol. The van der Waals surface area contributed by atoms with E-state index in [-0.39, 0.29) is 12.0 Å². The molecule has 0 spiro atoms. The zero-order chi connectivity index (χ0) is 47.6. The highest BCUT2D eigenvalue weighted by Crippen LogP contribution is 2.23. The average molecular weight is 920 g/mol. The Bertz CT molecular complexity index is 1420. The third-order valence-corrected chi connectivity index (χ3v) is 13.3. The summed E-state index contributed by atoms with van der Waals surface area (Å²) in [5, 5.41) is 24.1. The highest BCUT2D eigenvalue weighted by molar-refractivity contribution is 5.90. The molecule has 376 valence electrons. The Hall–Kier alpha value is -3.23. The Morgan fingerprint density at radius 1 is 0.455 bits per heavy atom. The zero-order valence-electron chi connectivity index (χ0n) is 42.2. The summed E-state index contributed by atoms with van der Waals surface area (Å²) in [5.41, 5.74) is 0.723. The number of benzene rings is 2. The molecule has 0 aliphatic carbocycles. The summed E-state index contributed by atoms with van der Waals surface area (Å²) >= 11 is 0. The molecule has 1 amide bonds. The Labute approximate surface area is 403 Å². The van der Waals surface area contributed by atoms with Crippen LogP contribution in [0.25, 0.3) is 0 Å². The van der Waals surface area contributed by atoms with Crippen molar-refractivity contribution < 1.29 is 34.1 Å². The molecule has 0 fully saturated rings. The van der Waals surface area contributed by atoms with Crippen LogP contribution in [0.1, 0.15) is 266 Å². The molecule has 2 aromatic carbocycles. The number of nitrogens with one attached hydrogen (secondary N) is 1. The van der Waals surface area contributed by atoms with Gasteiger partial charge in [-0.3, -0.25) is 4.79 Å². The number of unbranched alkanes of at least 4 members (excludes halogenated alkanes) is 29. The molecule has 8 heteroatoms. The van der Waals surface area contributed by atoms with Gasteiger partial charge in [-0.2, -0.15) is 0 Å². The molecule has 0 aliphatic rings. The zero-order valence-corrected chi connectivity index (χ0v) is 42.2. The van der Waals surface area contributed by atoms with Crippen LogP contribution in [-0.2, 0) is 14.3 Å². The Kier molecular flexibility index (Phi) is 37.4. The molecule has 3 N–H and O–H groups in total. The van der Waals surface area contributed by atoms with E-state index in [9.17, 15) is 24.6 Å². The van der Waals surface area contributed by atoms with Gasteiger partial charge in [0.25, 0.3) is 0 Å². The number of aliphatic hydroxyl groups is 2. The van der Waals surface area contributed by atoms with E-state index in [0.29, 0.717) is 24.0 Å². The van der Waals surface area contributed by atoms with Gasteiger partial charge < -0.3 is 25.0 Å². The predicted molar refractivity (Wildman–Crippen MR) is 274 cm³/mol. The molecule has 0 bridgehead atoms. The van der Waals surface area contributed by atoms with Crippen molar-refractivity contribution in [2.24, 2.45) is 0 Å². The van der Waals surface area contributed by atoms with Crippen molar-refractivity contribution >= 4 is 17.8 Å². The van der Waals surface area contributed by atoms with E-state index in [1.807, 2.05) is 12.1 Å². The summed E-state index contributed by atoms with van der Waals surface area (Å²) in [5.74, 6) is -1.36. The van der Waals surface area contributed by atoms with Crippen LogP contribution in [0.3, 0.4) is 0 Å². The molecule has 0 radical (unpaired) electrons. The minimum Gasteiger partial charge on any atom is -0.455 e. The fourth-order valence-electron chi connectivity index (χ4n) is 9.04. The number of carbonyl (C=O) groups excluding carboxylic acids is 3. The highest BCUT2D eigenvalue weighted by atomic mass is 16.6. The highest BCUT2D eigenvalue weighted by Gasteiger charge is 2.36. The van der Waals surface area contributed by atoms with E-state index in [4.69, 9.17) is 9.47 Å². The van der Waals surface area contributed by atoms with Crippen LogP contribution >= 0.6 is 0 Å². The molecule has 0 aromatic heterocycles. The smallest absolute Gasteiger partial charge is 0.338 e. The quantitative estimate of drug-likeness (QED) is 0.0447. The maximum Gasteiger partial charge on any atom is 0.338 e. The first-order valence-electron chi connectivity index (χ1n) is 27.5. The third-order valence-electron chi connectivity index (χ3n) is 13.3. The lowest BCUT2D eigenvalue weighted by atomic mass is 9.98. The summed E-state index contributed by atoms with van der Waals surface area (Å²) in [6.07, 6.45) is 39.1. The lowest BCUT2D eigenvalue weighted by Gasteiger charge is -2.33. The van der Waals surface area contributed by atoms with Gasteiger partial charge >= 0.3 is 11.9 Å². The molecule has 2 aromatic rings. The Morgan fingerprint density at radius 2 is 0.788 bits per heavy atom. The van der Waals surface area contributed by atoms with Crippen LogP contribution in [0, 0.1) is 0 Å². The van der Waals surface area contributed by atoms with Crippen LogP contribution in [0.2, 0.25) is 0 Å². The number of amides is 1. The van der Waals surface area contributed by atoms with Crippen molar-refractivity contribution in [3.05, 3.63) is 71.8 Å². The van der Waals surface area contributed by atoms with Gasteiger partial charge in [0.1, 0.15) is 6.10 Å². The second kappa shape index (κ2) is 41.9. The van der Waals surface area contributed by atoms with Crippen molar-refractivity contribution in [3.63, 3.8) is 0 Å².